The summed E-state index contributed by atoms with van der Waals surface area (Å²) in [7, 11) is 3.09. The molecule has 0 saturated carbocycles. The lowest BCUT2D eigenvalue weighted by molar-refractivity contribution is -0.118. The first-order valence-electron chi connectivity index (χ1n) is 8.87. The lowest BCUT2D eigenvalue weighted by atomic mass is 10.2. The highest BCUT2D eigenvalue weighted by atomic mass is 16.5. The molecule has 0 bridgehead atoms. The van der Waals surface area contributed by atoms with Gasteiger partial charge in [-0.3, -0.25) is 9.59 Å². The molecule has 0 unspecified atom stereocenters. The van der Waals surface area contributed by atoms with Crippen LogP contribution in [-0.2, 0) is 4.79 Å². The van der Waals surface area contributed by atoms with Crippen molar-refractivity contribution in [3.05, 3.63) is 35.8 Å². The van der Waals surface area contributed by atoms with Gasteiger partial charge in [-0.05, 0) is 19.1 Å². The molecule has 0 spiro atoms. The quantitative estimate of drug-likeness (QED) is 0.750. The van der Waals surface area contributed by atoms with Gasteiger partial charge in [-0.2, -0.15) is 0 Å². The largest absolute Gasteiger partial charge is 0.493 e. The number of nitrogens with one attached hydrogen (secondary N) is 1. The molecule has 1 N–H and O–H groups in total. The van der Waals surface area contributed by atoms with Crippen molar-refractivity contribution < 1.29 is 19.1 Å². The number of aryl methyl sites for hydroxylation is 1. The maximum absolute atomic E-state index is 12.7. The molecule has 1 aromatic carbocycles. The Morgan fingerprint density at radius 1 is 1.07 bits per heavy atom. The molecule has 2 heterocycles. The summed E-state index contributed by atoms with van der Waals surface area (Å²) >= 11 is 0. The number of carbonyl (C=O) groups excluding carboxylic acids is 2. The molecular formula is C19H23N5O4. The highest BCUT2D eigenvalue weighted by Crippen LogP contribution is 2.30. The van der Waals surface area contributed by atoms with Gasteiger partial charge in [0.1, 0.15) is 17.3 Å². The van der Waals surface area contributed by atoms with Crippen LogP contribution in [-0.4, -0.2) is 67.6 Å². The third-order valence-electron chi connectivity index (χ3n) is 4.49. The fourth-order valence-corrected chi connectivity index (χ4v) is 3.00. The molecule has 9 heteroatoms. The fourth-order valence-electron chi connectivity index (χ4n) is 3.00. The van der Waals surface area contributed by atoms with E-state index in [0.717, 1.165) is 6.41 Å². The Kier molecular flexibility index (Phi) is 5.93. The standard InChI is InChI=1S/C19H23N5O4/c1-13-20-15(11-18(21-13)24-8-6-23(12-25)7-9-24)19(26)22-14-4-5-16(27-2)17(10-14)28-3/h4-5,10-12H,6-9H2,1-3H3,(H,22,26). The van der Waals surface area contributed by atoms with Crippen molar-refractivity contribution in [1.82, 2.24) is 14.9 Å². The normalized spacial score (nSPS) is 13.8. The minimum atomic E-state index is -0.342. The molecule has 0 atom stereocenters. The van der Waals surface area contributed by atoms with E-state index in [1.807, 2.05) is 4.90 Å². The van der Waals surface area contributed by atoms with Crippen LogP contribution in [0.25, 0.3) is 0 Å². The van der Waals surface area contributed by atoms with Crippen molar-refractivity contribution >= 4 is 23.8 Å². The van der Waals surface area contributed by atoms with Crippen molar-refractivity contribution in [1.29, 1.82) is 0 Å². The number of anilines is 2. The molecule has 1 aliphatic heterocycles. The zero-order valence-electron chi connectivity index (χ0n) is 16.1. The molecule has 28 heavy (non-hydrogen) atoms. The third kappa shape index (κ3) is 4.30. The van der Waals surface area contributed by atoms with Gasteiger partial charge < -0.3 is 24.6 Å². The summed E-state index contributed by atoms with van der Waals surface area (Å²) in [5.74, 6) is 1.94. The molecule has 2 aromatic rings. The number of amides is 2. The SMILES string of the molecule is COc1ccc(NC(=O)c2cc(N3CCN(C=O)CC3)nc(C)n2)cc1OC. The predicted octanol–water partition coefficient (Wildman–Crippen LogP) is 1.33. The lowest BCUT2D eigenvalue weighted by Gasteiger charge is -2.33. The molecular weight excluding hydrogens is 362 g/mol. The van der Waals surface area contributed by atoms with Crippen molar-refractivity contribution in [3.63, 3.8) is 0 Å². The van der Waals surface area contributed by atoms with Crippen molar-refractivity contribution in [2.45, 2.75) is 6.92 Å². The van der Waals surface area contributed by atoms with Crippen molar-refractivity contribution in [3.8, 4) is 11.5 Å². The minimum absolute atomic E-state index is 0.273. The van der Waals surface area contributed by atoms with Gasteiger partial charge in [-0.25, -0.2) is 9.97 Å². The number of hydrogen-bond acceptors (Lipinski definition) is 7. The Morgan fingerprint density at radius 2 is 1.79 bits per heavy atom. The molecule has 1 aliphatic rings. The topological polar surface area (TPSA) is 96.9 Å². The van der Waals surface area contributed by atoms with E-state index in [9.17, 15) is 9.59 Å². The molecule has 148 valence electrons. The Balaban J connectivity index is 1.77. The zero-order chi connectivity index (χ0) is 20.1. The molecule has 9 nitrogen and oxygen atoms in total. The second-order valence-corrected chi connectivity index (χ2v) is 6.31. The average molecular weight is 385 g/mol. The van der Waals surface area contributed by atoms with Crippen molar-refractivity contribution in [2.75, 3.05) is 50.6 Å². The Hall–Kier alpha value is -3.36. The molecule has 0 radical (unpaired) electrons. The number of benzene rings is 1. The van der Waals surface area contributed by atoms with Crippen LogP contribution in [0.2, 0.25) is 0 Å². The number of ether oxygens (including phenoxy) is 2. The summed E-state index contributed by atoms with van der Waals surface area (Å²) in [6, 6.07) is 6.80. The molecule has 3 rings (SSSR count). The molecule has 1 aromatic heterocycles. The van der Waals surface area contributed by atoms with Crippen LogP contribution >= 0.6 is 0 Å². The van der Waals surface area contributed by atoms with Gasteiger partial charge in [-0.15, -0.1) is 0 Å². The lowest BCUT2D eigenvalue weighted by Crippen LogP contribution is -2.46. The summed E-state index contributed by atoms with van der Waals surface area (Å²) < 4.78 is 10.5. The van der Waals surface area contributed by atoms with E-state index < -0.39 is 0 Å². The van der Waals surface area contributed by atoms with Gasteiger partial charge >= 0.3 is 0 Å². The van der Waals surface area contributed by atoms with E-state index in [-0.39, 0.29) is 11.6 Å². The Labute approximate surface area is 163 Å². The number of methoxy groups -OCH3 is 2. The summed E-state index contributed by atoms with van der Waals surface area (Å²) in [6.07, 6.45) is 0.852. The van der Waals surface area contributed by atoms with E-state index >= 15 is 0 Å². The van der Waals surface area contributed by atoms with Gasteiger partial charge in [-0.1, -0.05) is 0 Å². The van der Waals surface area contributed by atoms with Gasteiger partial charge in [0, 0.05) is 44.0 Å². The maximum atomic E-state index is 12.7. The highest BCUT2D eigenvalue weighted by molar-refractivity contribution is 6.03. The van der Waals surface area contributed by atoms with Gasteiger partial charge in [0.05, 0.1) is 14.2 Å². The smallest absolute Gasteiger partial charge is 0.274 e. The third-order valence-corrected chi connectivity index (χ3v) is 4.49. The number of hydrogen-bond donors (Lipinski definition) is 1. The number of aromatic nitrogens is 2. The van der Waals surface area contributed by atoms with Crippen LogP contribution in [0.15, 0.2) is 24.3 Å². The number of nitrogens with zero attached hydrogens (tertiary/aromatic N) is 4. The zero-order valence-corrected chi connectivity index (χ0v) is 16.1. The number of rotatable bonds is 6. The van der Waals surface area contributed by atoms with Gasteiger partial charge in [0.2, 0.25) is 6.41 Å². The highest BCUT2D eigenvalue weighted by Gasteiger charge is 2.19. The predicted molar refractivity (Wildman–Crippen MR) is 104 cm³/mol. The van der Waals surface area contributed by atoms with E-state index in [2.05, 4.69) is 15.3 Å². The number of carbonyl (C=O) groups is 2. The monoisotopic (exact) mass is 385 g/mol. The summed E-state index contributed by atoms with van der Waals surface area (Å²) in [4.78, 5) is 36.0. The fraction of sp³-hybridized carbons (Fsp3) is 0.368. The maximum Gasteiger partial charge on any atom is 0.274 e. The van der Waals surface area contributed by atoms with Crippen LogP contribution in [0.4, 0.5) is 11.5 Å². The van der Waals surface area contributed by atoms with Gasteiger partial charge in [0.25, 0.3) is 5.91 Å². The molecule has 1 saturated heterocycles. The van der Waals surface area contributed by atoms with Crippen LogP contribution in [0, 0.1) is 6.92 Å². The summed E-state index contributed by atoms with van der Waals surface area (Å²) in [5.41, 5.74) is 0.843. The Bertz CT molecular complexity index is 865. The van der Waals surface area contributed by atoms with Crippen LogP contribution in [0.3, 0.4) is 0 Å². The summed E-state index contributed by atoms with van der Waals surface area (Å²) in [6.45, 7) is 4.32. The average Bonchev–Trinajstić information content (AvgIpc) is 2.73. The van der Waals surface area contributed by atoms with Crippen LogP contribution in [0.1, 0.15) is 16.3 Å². The van der Waals surface area contributed by atoms with E-state index in [1.165, 1.54) is 7.11 Å². The first-order chi connectivity index (χ1) is 13.5. The Morgan fingerprint density at radius 3 is 2.43 bits per heavy atom. The minimum Gasteiger partial charge on any atom is -0.493 e. The first-order valence-corrected chi connectivity index (χ1v) is 8.87. The van der Waals surface area contributed by atoms with E-state index in [1.54, 1.807) is 43.2 Å². The first kappa shape index (κ1) is 19.4. The van der Waals surface area contributed by atoms with Crippen molar-refractivity contribution in [2.24, 2.45) is 0 Å². The van der Waals surface area contributed by atoms with E-state index in [4.69, 9.17) is 9.47 Å². The number of piperazine rings is 1. The second kappa shape index (κ2) is 8.55. The molecule has 1 fully saturated rings. The van der Waals surface area contributed by atoms with Crippen LogP contribution < -0.4 is 19.7 Å². The second-order valence-electron chi connectivity index (χ2n) is 6.31. The van der Waals surface area contributed by atoms with E-state index in [0.29, 0.717) is 55.0 Å². The molecule has 0 aliphatic carbocycles. The van der Waals surface area contributed by atoms with Gasteiger partial charge in [0.15, 0.2) is 11.5 Å². The molecule has 2 amide bonds. The van der Waals surface area contributed by atoms with Crippen LogP contribution in [0.5, 0.6) is 11.5 Å². The summed E-state index contributed by atoms with van der Waals surface area (Å²) in [5, 5.41) is 2.82.